The van der Waals surface area contributed by atoms with Crippen LogP contribution in [0.2, 0.25) is 0 Å². The first-order valence-electron chi connectivity index (χ1n) is 5.26. The maximum Gasteiger partial charge on any atom is 0.246 e. The summed E-state index contributed by atoms with van der Waals surface area (Å²) in [5, 5.41) is 0. The van der Waals surface area contributed by atoms with E-state index in [1.54, 1.807) is 0 Å². The van der Waals surface area contributed by atoms with E-state index in [0.717, 1.165) is 15.9 Å². The van der Waals surface area contributed by atoms with Gasteiger partial charge < -0.3 is 4.81 Å². The Hall–Kier alpha value is -1.51. The highest BCUT2D eigenvalue weighted by molar-refractivity contribution is 6.28. The Morgan fingerprint density at radius 3 is 2.50 bits per heavy atom. The molecule has 1 amide bonds. The quantitative estimate of drug-likeness (QED) is 0.603. The third-order valence-electron chi connectivity index (χ3n) is 2.91. The van der Waals surface area contributed by atoms with E-state index < -0.39 is 0 Å². The van der Waals surface area contributed by atoms with E-state index in [1.807, 2.05) is 18.2 Å². The molecular formula is C13H14BNO. The van der Waals surface area contributed by atoms with Crippen molar-refractivity contribution in [3.63, 3.8) is 0 Å². The number of hydrogen-bond donors (Lipinski definition) is 0. The number of benzene rings is 1. The number of nitrogens with zero attached hydrogens (tertiary/aromatic N) is 1. The van der Waals surface area contributed by atoms with Crippen LogP contribution in [0.15, 0.2) is 24.8 Å². The van der Waals surface area contributed by atoms with Gasteiger partial charge in [-0.3, -0.25) is 4.79 Å². The second-order valence-corrected chi connectivity index (χ2v) is 5.10. The van der Waals surface area contributed by atoms with Crippen LogP contribution in [-0.4, -0.2) is 18.7 Å². The molecule has 0 aliphatic carbocycles. The summed E-state index contributed by atoms with van der Waals surface area (Å²) in [6.45, 7) is 10.1. The van der Waals surface area contributed by atoms with Gasteiger partial charge in [0.15, 0.2) is 0 Å². The molecule has 2 radical (unpaired) electrons. The summed E-state index contributed by atoms with van der Waals surface area (Å²) < 4.78 is 0. The molecule has 1 heterocycles. The van der Waals surface area contributed by atoms with E-state index in [9.17, 15) is 4.79 Å². The molecule has 2 nitrogen and oxygen atoms in total. The molecule has 1 aromatic rings. The number of rotatable bonds is 0. The summed E-state index contributed by atoms with van der Waals surface area (Å²) >= 11 is 0. The fraction of sp³-hybridized carbons (Fsp3) is 0.308. The van der Waals surface area contributed by atoms with Gasteiger partial charge >= 0.3 is 0 Å². The molecule has 0 fully saturated rings. The summed E-state index contributed by atoms with van der Waals surface area (Å²) in [5.41, 5.74) is 3.06. The van der Waals surface area contributed by atoms with Gasteiger partial charge in [0.05, 0.1) is 5.56 Å². The van der Waals surface area contributed by atoms with E-state index in [0.29, 0.717) is 11.3 Å². The number of carbonyl (C=O) groups is 1. The molecular weight excluding hydrogens is 197 g/mol. The zero-order valence-corrected chi connectivity index (χ0v) is 9.87. The predicted octanol–water partition coefficient (Wildman–Crippen LogP) is 2.49. The summed E-state index contributed by atoms with van der Waals surface area (Å²) in [7, 11) is 5.67. The Morgan fingerprint density at radius 2 is 1.94 bits per heavy atom. The highest BCUT2D eigenvalue weighted by Crippen LogP contribution is 2.36. The Kier molecular flexibility index (Phi) is 2.23. The van der Waals surface area contributed by atoms with Gasteiger partial charge in [-0.1, -0.05) is 45.5 Å². The van der Waals surface area contributed by atoms with Crippen molar-refractivity contribution >= 4 is 19.6 Å². The normalized spacial score (nSPS) is 15.6. The monoisotopic (exact) mass is 211 g/mol. The molecule has 0 saturated carbocycles. The molecule has 0 N–H and O–H groups in total. The summed E-state index contributed by atoms with van der Waals surface area (Å²) in [5.74, 6) is -0.162. The minimum atomic E-state index is -0.162. The summed E-state index contributed by atoms with van der Waals surface area (Å²) in [6, 6.07) is 5.80. The summed E-state index contributed by atoms with van der Waals surface area (Å²) in [4.78, 5) is 13.1. The molecule has 0 spiro atoms. The fourth-order valence-electron chi connectivity index (χ4n) is 2.02. The molecule has 0 unspecified atom stereocenters. The number of fused-ring (bicyclic) bond motifs is 1. The van der Waals surface area contributed by atoms with Crippen molar-refractivity contribution in [2.75, 3.05) is 0 Å². The van der Waals surface area contributed by atoms with Gasteiger partial charge in [-0.05, 0) is 11.0 Å². The van der Waals surface area contributed by atoms with Crippen LogP contribution in [0, 0.1) is 0 Å². The van der Waals surface area contributed by atoms with Gasteiger partial charge in [0.1, 0.15) is 0 Å². The van der Waals surface area contributed by atoms with Crippen LogP contribution < -0.4 is 0 Å². The van der Waals surface area contributed by atoms with Crippen LogP contribution in [0.1, 0.15) is 42.3 Å². The lowest BCUT2D eigenvalue weighted by molar-refractivity contribution is 0.0916. The predicted molar refractivity (Wildman–Crippen MR) is 66.1 cm³/mol. The molecule has 0 saturated heterocycles. The van der Waals surface area contributed by atoms with Gasteiger partial charge in [0, 0.05) is 11.3 Å². The average molecular weight is 211 g/mol. The summed E-state index contributed by atoms with van der Waals surface area (Å²) in [6.07, 6.45) is 0. The maximum absolute atomic E-state index is 12.0. The van der Waals surface area contributed by atoms with Crippen molar-refractivity contribution in [1.29, 1.82) is 0 Å². The smallest absolute Gasteiger partial charge is 0.246 e. The van der Waals surface area contributed by atoms with Crippen molar-refractivity contribution in [3.8, 4) is 0 Å². The standard InChI is InChI=1S/C13H14BNO/c1-8-9-6-5-7-10(13(2,3)4)11(9)12(16)15(8)14/h5-7H,1H2,2-4H3. The average Bonchev–Trinajstić information content (AvgIpc) is 2.43. The lowest BCUT2D eigenvalue weighted by Crippen LogP contribution is -2.22. The maximum atomic E-state index is 12.0. The van der Waals surface area contributed by atoms with Crippen LogP contribution in [0.3, 0.4) is 0 Å². The third kappa shape index (κ3) is 1.39. The highest BCUT2D eigenvalue weighted by atomic mass is 16.2. The van der Waals surface area contributed by atoms with Crippen LogP contribution >= 0.6 is 0 Å². The van der Waals surface area contributed by atoms with Crippen molar-refractivity contribution in [3.05, 3.63) is 41.5 Å². The third-order valence-corrected chi connectivity index (χ3v) is 2.91. The Balaban J connectivity index is 2.72. The fourth-order valence-corrected chi connectivity index (χ4v) is 2.02. The van der Waals surface area contributed by atoms with Crippen LogP contribution in [0.5, 0.6) is 0 Å². The molecule has 0 atom stereocenters. The van der Waals surface area contributed by atoms with Gasteiger partial charge in [-0.15, -0.1) is 0 Å². The first kappa shape index (κ1) is 11.0. The Bertz CT molecular complexity index is 485. The zero-order chi connectivity index (χ0) is 12.1. The van der Waals surface area contributed by atoms with Gasteiger partial charge in [0.2, 0.25) is 13.9 Å². The molecule has 16 heavy (non-hydrogen) atoms. The molecule has 2 rings (SSSR count). The van der Waals surface area contributed by atoms with Crippen molar-refractivity contribution in [2.24, 2.45) is 0 Å². The lowest BCUT2D eigenvalue weighted by atomic mass is 9.82. The van der Waals surface area contributed by atoms with E-state index in [-0.39, 0.29) is 11.3 Å². The van der Waals surface area contributed by atoms with Crippen LogP contribution in [0.4, 0.5) is 0 Å². The second kappa shape index (κ2) is 3.24. The zero-order valence-electron chi connectivity index (χ0n) is 9.87. The van der Waals surface area contributed by atoms with Gasteiger partial charge in [0.25, 0.3) is 0 Å². The SMILES string of the molecule is [B]N1C(=C)c2cccc(C(C)(C)C)c2C1=O. The molecule has 0 bridgehead atoms. The van der Waals surface area contributed by atoms with Crippen LogP contribution in [0.25, 0.3) is 5.70 Å². The Morgan fingerprint density at radius 1 is 1.31 bits per heavy atom. The van der Waals surface area contributed by atoms with Gasteiger partial charge in [-0.25, -0.2) is 0 Å². The van der Waals surface area contributed by atoms with E-state index >= 15 is 0 Å². The number of amides is 1. The van der Waals surface area contributed by atoms with E-state index in [2.05, 4.69) is 27.4 Å². The van der Waals surface area contributed by atoms with Gasteiger partial charge in [-0.2, -0.15) is 0 Å². The molecule has 1 aliphatic rings. The number of hydrogen-bond acceptors (Lipinski definition) is 1. The molecule has 1 aromatic carbocycles. The van der Waals surface area contributed by atoms with E-state index in [1.165, 1.54) is 0 Å². The minimum absolute atomic E-state index is 0.0769. The molecule has 0 aromatic heterocycles. The Labute approximate surface area is 97.4 Å². The molecule has 80 valence electrons. The number of carbonyl (C=O) groups excluding carboxylic acids is 1. The van der Waals surface area contributed by atoms with Crippen molar-refractivity contribution in [2.45, 2.75) is 26.2 Å². The van der Waals surface area contributed by atoms with Crippen molar-refractivity contribution in [1.82, 2.24) is 4.81 Å². The molecule has 3 heteroatoms. The van der Waals surface area contributed by atoms with E-state index in [4.69, 9.17) is 7.98 Å². The lowest BCUT2D eigenvalue weighted by Gasteiger charge is -2.21. The van der Waals surface area contributed by atoms with Crippen molar-refractivity contribution < 1.29 is 4.79 Å². The first-order chi connectivity index (χ1) is 7.34. The topological polar surface area (TPSA) is 20.3 Å². The minimum Gasteiger partial charge on any atom is -0.365 e. The highest BCUT2D eigenvalue weighted by Gasteiger charge is 2.32. The van der Waals surface area contributed by atoms with Crippen LogP contribution in [-0.2, 0) is 5.41 Å². The first-order valence-corrected chi connectivity index (χ1v) is 5.26. The largest absolute Gasteiger partial charge is 0.365 e. The molecule has 1 aliphatic heterocycles. The second-order valence-electron chi connectivity index (χ2n) is 5.10.